The molecule has 1 aromatic carbocycles. The molecule has 1 aromatic heterocycles. The van der Waals surface area contributed by atoms with Crippen LogP contribution in [0.3, 0.4) is 0 Å². The Labute approximate surface area is 255 Å². The number of hydrogen-bond donors (Lipinski definition) is 1. The summed E-state index contributed by atoms with van der Waals surface area (Å²) in [4.78, 5) is 25.6. The zero-order valence-corrected chi connectivity index (χ0v) is 27.6. The number of thiazole rings is 1. The summed E-state index contributed by atoms with van der Waals surface area (Å²) >= 11 is 1.59. The molecule has 2 aromatic rings. The van der Waals surface area contributed by atoms with Crippen LogP contribution in [0.4, 0.5) is 8.78 Å². The number of benzene rings is 1. The lowest BCUT2D eigenvalue weighted by atomic mass is 9.76. The molecular formula is C32H52F2N4O3S. The number of alkyl halides is 2. The van der Waals surface area contributed by atoms with Gasteiger partial charge in [0, 0.05) is 28.8 Å². The average molecular weight is 611 g/mol. The molecule has 0 saturated carbocycles. The van der Waals surface area contributed by atoms with Gasteiger partial charge in [0.2, 0.25) is 0 Å². The van der Waals surface area contributed by atoms with E-state index in [4.69, 9.17) is 14.4 Å². The number of carbonyl (C=O) groups excluding carboxylic acids is 1. The Kier molecular flexibility index (Phi) is 17.8. The fraction of sp³-hybridized carbons (Fsp3) is 0.688. The number of piperidine rings is 1. The molecule has 7 nitrogen and oxygen atoms in total. The van der Waals surface area contributed by atoms with Crippen molar-refractivity contribution >= 4 is 17.7 Å². The van der Waals surface area contributed by atoms with Gasteiger partial charge in [-0.15, -0.1) is 16.2 Å². The number of aromatic nitrogens is 1. The first-order chi connectivity index (χ1) is 19.9. The first-order valence-electron chi connectivity index (χ1n) is 15.2. The molecule has 238 valence electrons. The van der Waals surface area contributed by atoms with Crippen LogP contribution >= 0.6 is 11.3 Å². The zero-order chi connectivity index (χ0) is 31.7. The Morgan fingerprint density at radius 3 is 2.36 bits per heavy atom. The van der Waals surface area contributed by atoms with Crippen molar-refractivity contribution in [3.8, 4) is 16.3 Å². The molecule has 1 amide bonds. The van der Waals surface area contributed by atoms with E-state index in [1.807, 2.05) is 18.3 Å². The van der Waals surface area contributed by atoms with Crippen molar-refractivity contribution in [2.75, 3.05) is 26.2 Å². The SMILES string of the molecule is CCC(C)c1ccc(OC(F)F)c(-c2ncc(C(C)N3CCCC(C(C)(C)C)C3)s2)c1.CCCNCCC.O=CN=O. The lowest BCUT2D eigenvalue weighted by Gasteiger charge is -2.42. The molecule has 1 fully saturated rings. The largest absolute Gasteiger partial charge is 0.434 e. The van der Waals surface area contributed by atoms with Crippen LogP contribution in [0, 0.1) is 16.2 Å². The van der Waals surface area contributed by atoms with Crippen LogP contribution in [0.1, 0.15) is 110 Å². The van der Waals surface area contributed by atoms with Crippen LogP contribution < -0.4 is 10.1 Å². The summed E-state index contributed by atoms with van der Waals surface area (Å²) in [6.07, 6.45) is 7.82. The van der Waals surface area contributed by atoms with E-state index < -0.39 is 6.61 Å². The molecule has 1 saturated heterocycles. The Bertz CT molecular complexity index is 1040. The summed E-state index contributed by atoms with van der Waals surface area (Å²) in [5, 5.41) is 5.83. The van der Waals surface area contributed by atoms with E-state index in [1.54, 1.807) is 22.6 Å². The van der Waals surface area contributed by atoms with Gasteiger partial charge < -0.3 is 10.1 Å². The molecule has 3 atom stereocenters. The van der Waals surface area contributed by atoms with Crippen LogP contribution in [-0.2, 0) is 4.79 Å². The molecule has 3 rings (SSSR count). The van der Waals surface area contributed by atoms with Crippen molar-refractivity contribution < 1.29 is 18.3 Å². The van der Waals surface area contributed by atoms with Crippen LogP contribution in [0.5, 0.6) is 5.75 Å². The topological polar surface area (TPSA) is 83.9 Å². The highest BCUT2D eigenvalue weighted by molar-refractivity contribution is 7.15. The van der Waals surface area contributed by atoms with Gasteiger partial charge in [-0.2, -0.15) is 8.78 Å². The summed E-state index contributed by atoms with van der Waals surface area (Å²) in [5.74, 6) is 1.22. The van der Waals surface area contributed by atoms with Crippen molar-refractivity contribution in [3.63, 3.8) is 0 Å². The third-order valence-corrected chi connectivity index (χ3v) is 8.89. The van der Waals surface area contributed by atoms with E-state index in [-0.39, 0.29) is 18.2 Å². The maximum absolute atomic E-state index is 13.0. The molecule has 2 heterocycles. The van der Waals surface area contributed by atoms with Crippen molar-refractivity contribution in [1.29, 1.82) is 0 Å². The molecule has 1 aliphatic heterocycles. The van der Waals surface area contributed by atoms with Gasteiger partial charge in [0.25, 0.3) is 6.41 Å². The average Bonchev–Trinajstić information content (AvgIpc) is 3.47. The van der Waals surface area contributed by atoms with Gasteiger partial charge in [-0.3, -0.25) is 9.69 Å². The van der Waals surface area contributed by atoms with E-state index in [0.29, 0.717) is 22.8 Å². The number of ether oxygens (including phenoxy) is 1. The van der Waals surface area contributed by atoms with Gasteiger partial charge in [-0.25, -0.2) is 4.98 Å². The molecule has 42 heavy (non-hydrogen) atoms. The van der Waals surface area contributed by atoms with Crippen molar-refractivity contribution in [2.45, 2.75) is 106 Å². The van der Waals surface area contributed by atoms with Crippen LogP contribution in [0.25, 0.3) is 10.6 Å². The quantitative estimate of drug-likeness (QED) is 0.147. The zero-order valence-electron chi connectivity index (χ0n) is 26.8. The second-order valence-electron chi connectivity index (χ2n) is 11.8. The maximum atomic E-state index is 13.0. The fourth-order valence-electron chi connectivity index (χ4n) is 4.78. The highest BCUT2D eigenvalue weighted by Gasteiger charge is 2.32. The van der Waals surface area contributed by atoms with E-state index in [0.717, 1.165) is 30.1 Å². The van der Waals surface area contributed by atoms with Crippen molar-refractivity contribution in [2.24, 2.45) is 16.5 Å². The third-order valence-electron chi connectivity index (χ3n) is 7.69. The maximum Gasteiger partial charge on any atom is 0.387 e. The standard InChI is InChI=1S/C25H36F2N2OS.C6H15N.CHNO2/c1-7-16(2)18-10-11-21(30-24(26)27)20(13-18)23-28-14-22(31-23)17(3)29-12-8-9-19(15-29)25(4,5)6;1-3-5-7-6-4-2;3-1-2-4/h10-11,13-14,16-17,19,24H,7-9,12,15H2,1-6H3;7H,3-6H2,1-2H3;1H. The van der Waals surface area contributed by atoms with Crippen LogP contribution in [0.15, 0.2) is 29.6 Å². The van der Waals surface area contributed by atoms with E-state index in [9.17, 15) is 8.78 Å². The summed E-state index contributed by atoms with van der Waals surface area (Å²) < 4.78 is 30.8. The van der Waals surface area contributed by atoms with Gasteiger partial charge in [0.1, 0.15) is 10.8 Å². The van der Waals surface area contributed by atoms with Gasteiger partial charge in [-0.05, 0) is 93.6 Å². The molecule has 0 radical (unpaired) electrons. The number of halogens is 2. The van der Waals surface area contributed by atoms with Gasteiger partial charge in [0.15, 0.2) is 0 Å². The Morgan fingerprint density at radius 1 is 1.19 bits per heavy atom. The lowest BCUT2D eigenvalue weighted by Crippen LogP contribution is -2.41. The number of nitroso groups, excluding NO2 is 1. The minimum absolute atomic E-state index is 0.0556. The molecule has 1 N–H and O–H groups in total. The first-order valence-corrected chi connectivity index (χ1v) is 16.0. The number of hydrogen-bond acceptors (Lipinski definition) is 7. The van der Waals surface area contributed by atoms with Gasteiger partial charge in [0.05, 0.1) is 5.56 Å². The molecule has 3 unspecified atom stereocenters. The highest BCUT2D eigenvalue weighted by Crippen LogP contribution is 2.41. The van der Waals surface area contributed by atoms with E-state index in [2.05, 4.69) is 70.6 Å². The molecular weight excluding hydrogens is 558 g/mol. The number of amides is 1. The summed E-state index contributed by atoms with van der Waals surface area (Å²) in [7, 11) is 0. The number of nitrogens with zero attached hydrogens (tertiary/aromatic N) is 3. The predicted octanol–water partition coefficient (Wildman–Crippen LogP) is 9.05. The highest BCUT2D eigenvalue weighted by atomic mass is 32.1. The Hall–Kier alpha value is -2.30. The lowest BCUT2D eigenvalue weighted by molar-refractivity contribution is -0.106. The third kappa shape index (κ3) is 12.9. The minimum Gasteiger partial charge on any atom is -0.434 e. The molecule has 1 aliphatic rings. The number of carbonyl (C=O) groups is 1. The van der Waals surface area contributed by atoms with E-state index >= 15 is 0 Å². The summed E-state index contributed by atoms with van der Waals surface area (Å²) in [5.41, 5.74) is 2.08. The van der Waals surface area contributed by atoms with Crippen LogP contribution in [-0.4, -0.2) is 49.1 Å². The number of nitrogens with one attached hydrogen (secondary N) is 1. The molecule has 10 heteroatoms. The number of rotatable bonds is 12. The summed E-state index contributed by atoms with van der Waals surface area (Å²) in [6.45, 7) is 19.5. The molecule has 0 spiro atoms. The minimum atomic E-state index is -2.85. The summed E-state index contributed by atoms with van der Waals surface area (Å²) in [6, 6.07) is 5.77. The Morgan fingerprint density at radius 2 is 1.83 bits per heavy atom. The smallest absolute Gasteiger partial charge is 0.387 e. The number of likely N-dealkylation sites (tertiary alicyclic amines) is 1. The second kappa shape index (κ2) is 19.8. The predicted molar refractivity (Wildman–Crippen MR) is 170 cm³/mol. The Balaban J connectivity index is 0.000000683. The monoisotopic (exact) mass is 610 g/mol. The van der Waals surface area contributed by atoms with Crippen molar-refractivity contribution in [1.82, 2.24) is 15.2 Å². The van der Waals surface area contributed by atoms with Crippen molar-refractivity contribution in [3.05, 3.63) is 39.7 Å². The normalized spacial score (nSPS) is 16.9. The van der Waals surface area contributed by atoms with E-state index in [1.165, 1.54) is 43.6 Å². The first kappa shape index (κ1) is 37.7. The van der Waals surface area contributed by atoms with Crippen LogP contribution in [0.2, 0.25) is 0 Å². The van der Waals surface area contributed by atoms with Gasteiger partial charge in [-0.1, -0.05) is 54.5 Å². The fourth-order valence-corrected chi connectivity index (χ4v) is 5.81. The molecule has 0 bridgehead atoms. The second-order valence-corrected chi connectivity index (χ2v) is 12.9. The van der Waals surface area contributed by atoms with Gasteiger partial charge >= 0.3 is 6.61 Å². The molecule has 0 aliphatic carbocycles.